The van der Waals surface area contributed by atoms with Gasteiger partial charge in [0.1, 0.15) is 32.5 Å². The molecule has 0 radical (unpaired) electrons. The molecule has 0 spiro atoms. The number of carbonyl (C=O) groups is 1. The largest absolute Gasteiger partial charge is 0.456 e. The van der Waals surface area contributed by atoms with Gasteiger partial charge in [-0.1, -0.05) is 18.2 Å². The molecular formula is C29H31N5O5S. The van der Waals surface area contributed by atoms with E-state index in [4.69, 9.17) is 4.74 Å². The van der Waals surface area contributed by atoms with E-state index in [-0.39, 0.29) is 29.5 Å². The fourth-order valence-corrected chi connectivity index (χ4v) is 5.29. The summed E-state index contributed by atoms with van der Waals surface area (Å²) in [6.07, 6.45) is 4.71. The van der Waals surface area contributed by atoms with Gasteiger partial charge in [0.2, 0.25) is 0 Å². The number of para-hydroxylation sites is 1. The Morgan fingerprint density at radius 2 is 1.82 bits per heavy atom. The highest BCUT2D eigenvalue weighted by Gasteiger charge is 2.21. The Bertz CT molecular complexity index is 1930. The second-order valence-corrected chi connectivity index (χ2v) is 12.3. The summed E-state index contributed by atoms with van der Waals surface area (Å²) in [4.78, 5) is 28.7. The first-order valence-corrected chi connectivity index (χ1v) is 14.9. The average molecular weight is 562 g/mol. The van der Waals surface area contributed by atoms with Gasteiger partial charge in [0.05, 0.1) is 17.8 Å². The van der Waals surface area contributed by atoms with Crippen molar-refractivity contribution in [2.45, 2.75) is 27.3 Å². The summed E-state index contributed by atoms with van der Waals surface area (Å²) in [5.74, 6) is 0.908. The van der Waals surface area contributed by atoms with Crippen LogP contribution in [0.15, 0.2) is 53.6 Å². The van der Waals surface area contributed by atoms with Crippen LogP contribution in [0, 0.1) is 13.8 Å². The lowest BCUT2D eigenvalue weighted by Crippen LogP contribution is -2.23. The number of pyridine rings is 1. The number of ether oxygens (including phenoxy) is 1. The van der Waals surface area contributed by atoms with Crippen LogP contribution in [0.3, 0.4) is 0 Å². The third kappa shape index (κ3) is 5.24. The van der Waals surface area contributed by atoms with Gasteiger partial charge in [-0.25, -0.2) is 8.42 Å². The van der Waals surface area contributed by atoms with Crippen LogP contribution in [0.1, 0.15) is 28.5 Å². The standard InChI is InChI=1S/C29H31N5O5S/c1-6-30-28(35)24-14-21-22(16-33(4)29(36)26(21)31-24)20-13-23-19(15-34(32-23)10-11-40(5,37)38)12-25(20)39-27-17(2)8-7-9-18(27)3/h7-9,12-16,31H,6,10-11H2,1-5H3,(H,30,35). The monoisotopic (exact) mass is 561 g/mol. The number of nitrogens with one attached hydrogen (secondary N) is 2. The summed E-state index contributed by atoms with van der Waals surface area (Å²) in [6, 6.07) is 11.3. The van der Waals surface area contributed by atoms with E-state index in [0.717, 1.165) is 16.5 Å². The molecule has 1 amide bonds. The predicted molar refractivity (Wildman–Crippen MR) is 156 cm³/mol. The molecular weight excluding hydrogens is 530 g/mol. The van der Waals surface area contributed by atoms with E-state index in [1.165, 1.54) is 10.8 Å². The number of sulfone groups is 1. The molecule has 0 aliphatic heterocycles. The van der Waals surface area contributed by atoms with E-state index in [2.05, 4.69) is 15.4 Å². The fraction of sp³-hybridized carbons (Fsp3) is 0.276. The molecule has 2 aromatic carbocycles. The summed E-state index contributed by atoms with van der Waals surface area (Å²) < 4.78 is 33.1. The molecule has 5 aromatic rings. The summed E-state index contributed by atoms with van der Waals surface area (Å²) in [6.45, 7) is 6.43. The van der Waals surface area contributed by atoms with E-state index in [1.54, 1.807) is 30.2 Å². The number of rotatable bonds is 8. The van der Waals surface area contributed by atoms with Crippen LogP contribution < -0.4 is 15.6 Å². The lowest BCUT2D eigenvalue weighted by atomic mass is 10.0. The maximum absolute atomic E-state index is 13.0. The zero-order valence-corrected chi connectivity index (χ0v) is 23.8. The van der Waals surface area contributed by atoms with E-state index in [1.807, 2.05) is 51.1 Å². The van der Waals surface area contributed by atoms with Gasteiger partial charge < -0.3 is 19.6 Å². The molecule has 0 aliphatic carbocycles. The molecule has 0 fully saturated rings. The second-order valence-electron chi connectivity index (χ2n) is 10.0. The van der Waals surface area contributed by atoms with E-state index < -0.39 is 9.84 Å². The molecule has 0 unspecified atom stereocenters. The lowest BCUT2D eigenvalue weighted by molar-refractivity contribution is 0.0951. The number of carbonyl (C=O) groups excluding carboxylic acids is 1. The number of aromatic nitrogens is 4. The van der Waals surface area contributed by atoms with Gasteiger partial charge >= 0.3 is 0 Å². The van der Waals surface area contributed by atoms with Gasteiger partial charge in [-0.3, -0.25) is 14.3 Å². The van der Waals surface area contributed by atoms with Gasteiger partial charge in [-0.15, -0.1) is 0 Å². The molecule has 208 valence electrons. The van der Waals surface area contributed by atoms with Gasteiger partial charge in [-0.05, 0) is 50.1 Å². The van der Waals surface area contributed by atoms with Crippen molar-refractivity contribution < 1.29 is 17.9 Å². The molecule has 40 heavy (non-hydrogen) atoms. The molecule has 11 heteroatoms. The smallest absolute Gasteiger partial charge is 0.274 e. The maximum Gasteiger partial charge on any atom is 0.274 e. The van der Waals surface area contributed by atoms with Crippen molar-refractivity contribution in [1.82, 2.24) is 24.6 Å². The van der Waals surface area contributed by atoms with Crippen LogP contribution in [0.2, 0.25) is 0 Å². The topological polar surface area (TPSA) is 128 Å². The van der Waals surface area contributed by atoms with E-state index in [9.17, 15) is 18.0 Å². The summed E-state index contributed by atoms with van der Waals surface area (Å²) in [7, 11) is -1.51. The predicted octanol–water partition coefficient (Wildman–Crippen LogP) is 4.09. The maximum atomic E-state index is 13.0. The molecule has 0 aliphatic rings. The van der Waals surface area contributed by atoms with E-state index >= 15 is 0 Å². The Morgan fingerprint density at radius 3 is 2.50 bits per heavy atom. The Kier molecular flexibility index (Phi) is 7.01. The number of hydrogen-bond acceptors (Lipinski definition) is 6. The van der Waals surface area contributed by atoms with Crippen LogP contribution >= 0.6 is 0 Å². The van der Waals surface area contributed by atoms with Crippen LogP contribution in [0.5, 0.6) is 11.5 Å². The number of fused-ring (bicyclic) bond motifs is 2. The molecule has 0 saturated carbocycles. The number of H-pyrrole nitrogens is 1. The minimum absolute atomic E-state index is 0.0347. The number of amides is 1. The molecule has 3 heterocycles. The molecule has 0 atom stereocenters. The SMILES string of the molecule is CCNC(=O)c1cc2c(-c3cc4nn(CCS(C)(=O)=O)cc4cc3Oc3c(C)cccc3C)cn(C)c(=O)c2[nH]1. The van der Waals surface area contributed by atoms with Crippen molar-refractivity contribution in [2.75, 3.05) is 18.6 Å². The van der Waals surface area contributed by atoms with Crippen LogP contribution in [-0.2, 0) is 23.4 Å². The van der Waals surface area contributed by atoms with Gasteiger partial charge in [0, 0.05) is 54.1 Å². The zero-order valence-electron chi connectivity index (χ0n) is 23.0. The normalized spacial score (nSPS) is 11.8. The van der Waals surface area contributed by atoms with Crippen molar-refractivity contribution in [3.63, 3.8) is 0 Å². The minimum atomic E-state index is -3.17. The van der Waals surface area contributed by atoms with Crippen LogP contribution in [0.4, 0.5) is 0 Å². The number of hydrogen-bond donors (Lipinski definition) is 2. The van der Waals surface area contributed by atoms with Crippen molar-refractivity contribution in [3.05, 3.63) is 76.0 Å². The first kappa shape index (κ1) is 27.2. The molecule has 2 N–H and O–H groups in total. The third-order valence-corrected chi connectivity index (χ3v) is 7.73. The number of aryl methyl sites for hydroxylation is 4. The molecule has 0 bridgehead atoms. The highest BCUT2D eigenvalue weighted by molar-refractivity contribution is 7.90. The lowest BCUT2D eigenvalue weighted by Gasteiger charge is -2.16. The highest BCUT2D eigenvalue weighted by Crippen LogP contribution is 2.40. The molecule has 10 nitrogen and oxygen atoms in total. The van der Waals surface area contributed by atoms with Crippen LogP contribution in [0.25, 0.3) is 32.9 Å². The van der Waals surface area contributed by atoms with Gasteiger partial charge in [0.25, 0.3) is 11.5 Å². The second kappa shape index (κ2) is 10.3. The quantitative estimate of drug-likeness (QED) is 0.294. The van der Waals surface area contributed by atoms with Crippen LogP contribution in [-0.4, -0.2) is 52.2 Å². The summed E-state index contributed by atoms with van der Waals surface area (Å²) >= 11 is 0. The fourth-order valence-electron chi connectivity index (χ4n) is 4.77. The third-order valence-electron chi connectivity index (χ3n) is 6.80. The Balaban J connectivity index is 1.75. The minimum Gasteiger partial charge on any atom is -0.456 e. The Morgan fingerprint density at radius 1 is 1.10 bits per heavy atom. The van der Waals surface area contributed by atoms with Gasteiger partial charge in [-0.2, -0.15) is 5.10 Å². The summed E-state index contributed by atoms with van der Waals surface area (Å²) in [5, 5.41) is 8.73. The van der Waals surface area contributed by atoms with Crippen molar-refractivity contribution in [2.24, 2.45) is 7.05 Å². The molecule has 3 aromatic heterocycles. The number of nitrogens with zero attached hydrogens (tertiary/aromatic N) is 3. The Labute approximate surface area is 231 Å². The zero-order chi connectivity index (χ0) is 28.8. The Hall–Kier alpha value is -4.38. The van der Waals surface area contributed by atoms with Crippen molar-refractivity contribution in [3.8, 4) is 22.6 Å². The molecule has 5 rings (SSSR count). The number of benzene rings is 2. The van der Waals surface area contributed by atoms with Gasteiger partial charge in [0.15, 0.2) is 0 Å². The first-order chi connectivity index (χ1) is 18.9. The average Bonchev–Trinajstić information content (AvgIpc) is 3.51. The first-order valence-electron chi connectivity index (χ1n) is 12.9. The summed E-state index contributed by atoms with van der Waals surface area (Å²) in [5.41, 5.74) is 4.23. The number of aromatic amines is 1. The van der Waals surface area contributed by atoms with Crippen molar-refractivity contribution in [1.29, 1.82) is 0 Å². The van der Waals surface area contributed by atoms with Crippen molar-refractivity contribution >= 4 is 37.6 Å². The highest BCUT2D eigenvalue weighted by atomic mass is 32.2. The molecule has 0 saturated heterocycles. The van der Waals surface area contributed by atoms with E-state index in [0.29, 0.717) is 45.6 Å².